The molecule has 3 aromatic heterocycles. The molecule has 0 aliphatic heterocycles. The number of halogens is 1. The number of hydrogen-bond acceptors (Lipinski definition) is 6. The molecule has 0 unspecified atom stereocenters. The zero-order chi connectivity index (χ0) is 18.3. The van der Waals surface area contributed by atoms with Gasteiger partial charge in [0.25, 0.3) is 0 Å². The van der Waals surface area contributed by atoms with Crippen LogP contribution in [-0.2, 0) is 9.84 Å². The average Bonchev–Trinajstić information content (AvgIpc) is 3.01. The van der Waals surface area contributed by atoms with Gasteiger partial charge >= 0.3 is 0 Å². The van der Waals surface area contributed by atoms with Crippen LogP contribution in [0.1, 0.15) is 0 Å². The van der Waals surface area contributed by atoms with Crippen LogP contribution in [0.25, 0.3) is 28.3 Å². The van der Waals surface area contributed by atoms with Crippen LogP contribution in [0.3, 0.4) is 0 Å². The van der Waals surface area contributed by atoms with Gasteiger partial charge < -0.3 is 0 Å². The van der Waals surface area contributed by atoms with Gasteiger partial charge in [0.05, 0.1) is 23.3 Å². The number of sulfone groups is 1. The third-order valence-electron chi connectivity index (χ3n) is 3.76. The summed E-state index contributed by atoms with van der Waals surface area (Å²) in [6, 6.07) is 8.88. The van der Waals surface area contributed by atoms with E-state index in [0.717, 1.165) is 11.8 Å². The van der Waals surface area contributed by atoms with Gasteiger partial charge in [-0.15, -0.1) is 0 Å². The lowest BCUT2D eigenvalue weighted by Gasteiger charge is -2.06. The van der Waals surface area contributed by atoms with Crippen LogP contribution in [0.2, 0.25) is 5.02 Å². The second-order valence-electron chi connectivity index (χ2n) is 5.62. The van der Waals surface area contributed by atoms with Crippen LogP contribution < -0.4 is 0 Å². The smallest absolute Gasteiger partial charge is 0.247 e. The lowest BCUT2D eigenvalue weighted by Crippen LogP contribution is -2.05. The van der Waals surface area contributed by atoms with Crippen LogP contribution in [0, 0.1) is 0 Å². The molecule has 130 valence electrons. The molecule has 3 heterocycles. The van der Waals surface area contributed by atoms with E-state index in [0.29, 0.717) is 27.8 Å². The molecular formula is C17H12ClN5O2S. The van der Waals surface area contributed by atoms with E-state index in [1.807, 2.05) is 16.5 Å². The van der Waals surface area contributed by atoms with Crippen LogP contribution in [-0.4, -0.2) is 39.0 Å². The Bertz CT molecular complexity index is 1220. The van der Waals surface area contributed by atoms with E-state index in [4.69, 9.17) is 11.6 Å². The Morgan fingerprint density at radius 2 is 1.81 bits per heavy atom. The molecule has 9 heteroatoms. The molecule has 0 fully saturated rings. The number of fused-ring (bicyclic) bond motifs is 1. The Labute approximate surface area is 154 Å². The molecule has 0 aliphatic carbocycles. The van der Waals surface area contributed by atoms with Crippen molar-refractivity contribution in [3.63, 3.8) is 0 Å². The maximum absolute atomic E-state index is 11.8. The summed E-state index contributed by atoms with van der Waals surface area (Å²) in [7, 11) is -3.53. The summed E-state index contributed by atoms with van der Waals surface area (Å²) in [4.78, 5) is 16.8. The number of hydrogen-bond donors (Lipinski definition) is 0. The number of benzene rings is 1. The van der Waals surface area contributed by atoms with E-state index in [1.165, 1.54) is 6.20 Å². The topological polar surface area (TPSA) is 90.1 Å². The van der Waals surface area contributed by atoms with Gasteiger partial charge in [0.15, 0.2) is 5.65 Å². The summed E-state index contributed by atoms with van der Waals surface area (Å²) in [5, 5.41) is 0.378. The maximum Gasteiger partial charge on any atom is 0.247 e. The van der Waals surface area contributed by atoms with Gasteiger partial charge in [0.1, 0.15) is 0 Å². The Hall–Kier alpha value is -2.84. The molecule has 0 saturated heterocycles. The van der Waals surface area contributed by atoms with Crippen LogP contribution >= 0.6 is 11.6 Å². The molecule has 0 bridgehead atoms. The first kappa shape index (κ1) is 16.6. The molecule has 0 aliphatic rings. The minimum Gasteiger partial charge on any atom is -0.295 e. The van der Waals surface area contributed by atoms with Gasteiger partial charge in [0, 0.05) is 35.4 Å². The predicted octanol–water partition coefficient (Wildman–Crippen LogP) is 2.91. The maximum atomic E-state index is 11.8. The van der Waals surface area contributed by atoms with E-state index in [2.05, 4.69) is 19.9 Å². The summed E-state index contributed by atoms with van der Waals surface area (Å²) < 4.78 is 25.5. The minimum atomic E-state index is -3.53. The lowest BCUT2D eigenvalue weighted by atomic mass is 10.1. The molecule has 4 rings (SSSR count). The molecule has 0 spiro atoms. The van der Waals surface area contributed by atoms with Gasteiger partial charge in [-0.05, 0) is 18.2 Å². The van der Waals surface area contributed by atoms with Crippen LogP contribution in [0.4, 0.5) is 0 Å². The third-order valence-corrected chi connectivity index (χ3v) is 4.87. The van der Waals surface area contributed by atoms with Crippen molar-refractivity contribution in [2.45, 2.75) is 5.16 Å². The van der Waals surface area contributed by atoms with E-state index >= 15 is 0 Å². The second kappa shape index (κ2) is 6.15. The minimum absolute atomic E-state index is 0.235. The summed E-state index contributed by atoms with van der Waals surface area (Å²) in [6.45, 7) is 0. The van der Waals surface area contributed by atoms with Gasteiger partial charge in [-0.25, -0.2) is 23.4 Å². The highest BCUT2D eigenvalue weighted by Gasteiger charge is 2.19. The fraction of sp³-hybridized carbons (Fsp3) is 0.0588. The normalized spacial score (nSPS) is 11.8. The standard InChI is InChI=1S/C17H12ClN5O2S/c1-26(24,25)17-20-7-6-13(21-17)16-15(11-2-4-12(18)5-3-11)22-14-10-19-8-9-23(14)16/h2-10H,1H3. The van der Waals surface area contributed by atoms with Crippen molar-refractivity contribution in [2.75, 3.05) is 6.26 Å². The Morgan fingerprint density at radius 3 is 2.54 bits per heavy atom. The van der Waals surface area contributed by atoms with Crippen molar-refractivity contribution in [1.29, 1.82) is 0 Å². The van der Waals surface area contributed by atoms with Crippen molar-refractivity contribution in [3.8, 4) is 22.6 Å². The van der Waals surface area contributed by atoms with Crippen molar-refractivity contribution < 1.29 is 8.42 Å². The van der Waals surface area contributed by atoms with Gasteiger partial charge in [-0.3, -0.25) is 9.38 Å². The fourth-order valence-electron chi connectivity index (χ4n) is 2.61. The zero-order valence-electron chi connectivity index (χ0n) is 13.5. The van der Waals surface area contributed by atoms with Crippen LogP contribution in [0.15, 0.2) is 60.3 Å². The molecular weight excluding hydrogens is 374 g/mol. The van der Waals surface area contributed by atoms with Crippen LogP contribution in [0.5, 0.6) is 0 Å². The molecule has 1 aromatic carbocycles. The first-order valence-electron chi connectivity index (χ1n) is 7.55. The molecule has 4 aromatic rings. The number of nitrogens with zero attached hydrogens (tertiary/aromatic N) is 5. The highest BCUT2D eigenvalue weighted by molar-refractivity contribution is 7.90. The highest BCUT2D eigenvalue weighted by Crippen LogP contribution is 2.32. The van der Waals surface area contributed by atoms with E-state index in [9.17, 15) is 8.42 Å². The third kappa shape index (κ3) is 2.93. The van der Waals surface area contributed by atoms with Gasteiger partial charge in [-0.2, -0.15) is 0 Å². The lowest BCUT2D eigenvalue weighted by molar-refractivity contribution is 0.593. The SMILES string of the molecule is CS(=O)(=O)c1nccc(-c2c(-c3ccc(Cl)cc3)nc3cnccn23)n1. The average molecular weight is 386 g/mol. The molecule has 0 radical (unpaired) electrons. The molecule has 0 N–H and O–H groups in total. The summed E-state index contributed by atoms with van der Waals surface area (Å²) in [6.07, 6.45) is 7.50. The van der Waals surface area contributed by atoms with Crippen molar-refractivity contribution in [2.24, 2.45) is 0 Å². The highest BCUT2D eigenvalue weighted by atomic mass is 35.5. The van der Waals surface area contributed by atoms with E-state index < -0.39 is 9.84 Å². The first-order chi connectivity index (χ1) is 12.4. The Morgan fingerprint density at radius 1 is 1.04 bits per heavy atom. The van der Waals surface area contributed by atoms with E-state index in [1.54, 1.807) is 36.8 Å². The monoisotopic (exact) mass is 385 g/mol. The number of aromatic nitrogens is 5. The van der Waals surface area contributed by atoms with E-state index in [-0.39, 0.29) is 5.16 Å². The van der Waals surface area contributed by atoms with Crippen molar-refractivity contribution in [3.05, 3.63) is 60.1 Å². The molecule has 7 nitrogen and oxygen atoms in total. The largest absolute Gasteiger partial charge is 0.295 e. The first-order valence-corrected chi connectivity index (χ1v) is 9.82. The summed E-state index contributed by atoms with van der Waals surface area (Å²) >= 11 is 5.98. The number of rotatable bonds is 3. The predicted molar refractivity (Wildman–Crippen MR) is 97.6 cm³/mol. The Kier molecular flexibility index (Phi) is 3.93. The fourth-order valence-corrected chi connectivity index (χ4v) is 3.25. The number of imidazole rings is 1. The van der Waals surface area contributed by atoms with Gasteiger partial charge in [0.2, 0.25) is 15.0 Å². The van der Waals surface area contributed by atoms with Gasteiger partial charge in [-0.1, -0.05) is 23.7 Å². The molecule has 0 amide bonds. The van der Waals surface area contributed by atoms with Crippen molar-refractivity contribution >= 4 is 27.1 Å². The Balaban J connectivity index is 2.03. The molecule has 0 saturated carbocycles. The zero-order valence-corrected chi connectivity index (χ0v) is 15.1. The summed E-state index contributed by atoms with van der Waals surface area (Å²) in [5.74, 6) is 0. The molecule has 0 atom stereocenters. The second-order valence-corrected chi connectivity index (χ2v) is 7.96. The quantitative estimate of drug-likeness (QED) is 0.504. The molecule has 26 heavy (non-hydrogen) atoms. The van der Waals surface area contributed by atoms with Crippen molar-refractivity contribution in [1.82, 2.24) is 24.3 Å². The summed E-state index contributed by atoms with van der Waals surface area (Å²) in [5.41, 5.74) is 3.19.